The fourth-order valence-corrected chi connectivity index (χ4v) is 3.57. The SMILES string of the molecule is Cn1cnnc1Sc1ccc(NC(=O)CCC2CCNCC2)cc1. The van der Waals surface area contributed by atoms with Crippen molar-refractivity contribution in [2.24, 2.45) is 13.0 Å². The summed E-state index contributed by atoms with van der Waals surface area (Å²) in [5.41, 5.74) is 0.840. The predicted molar refractivity (Wildman–Crippen MR) is 95.0 cm³/mol. The summed E-state index contributed by atoms with van der Waals surface area (Å²) in [7, 11) is 1.92. The van der Waals surface area contributed by atoms with Crippen molar-refractivity contribution in [2.45, 2.75) is 35.7 Å². The molecule has 1 aromatic carbocycles. The average molecular weight is 345 g/mol. The van der Waals surface area contributed by atoms with Crippen LogP contribution >= 0.6 is 11.8 Å². The molecule has 128 valence electrons. The van der Waals surface area contributed by atoms with E-state index in [9.17, 15) is 4.79 Å². The highest BCUT2D eigenvalue weighted by atomic mass is 32.2. The third-order valence-electron chi connectivity index (χ3n) is 4.26. The summed E-state index contributed by atoms with van der Waals surface area (Å²) >= 11 is 1.55. The first kappa shape index (κ1) is 17.0. The highest BCUT2D eigenvalue weighted by Crippen LogP contribution is 2.26. The maximum atomic E-state index is 12.1. The molecule has 0 saturated carbocycles. The zero-order valence-electron chi connectivity index (χ0n) is 13.9. The van der Waals surface area contributed by atoms with Gasteiger partial charge in [0.2, 0.25) is 5.91 Å². The molecule has 1 aliphatic heterocycles. The van der Waals surface area contributed by atoms with Crippen LogP contribution in [0.25, 0.3) is 0 Å². The first-order valence-electron chi connectivity index (χ1n) is 8.33. The third kappa shape index (κ3) is 4.82. The molecule has 7 heteroatoms. The zero-order chi connectivity index (χ0) is 16.8. The lowest BCUT2D eigenvalue weighted by Gasteiger charge is -2.22. The fourth-order valence-electron chi connectivity index (χ4n) is 2.81. The zero-order valence-corrected chi connectivity index (χ0v) is 14.7. The minimum Gasteiger partial charge on any atom is -0.326 e. The van der Waals surface area contributed by atoms with Gasteiger partial charge < -0.3 is 15.2 Å². The predicted octanol–water partition coefficient (Wildman–Crippen LogP) is 2.68. The minimum absolute atomic E-state index is 0.0993. The first-order valence-corrected chi connectivity index (χ1v) is 9.15. The van der Waals surface area contributed by atoms with E-state index in [4.69, 9.17) is 0 Å². The van der Waals surface area contributed by atoms with E-state index in [1.54, 1.807) is 18.1 Å². The van der Waals surface area contributed by atoms with Gasteiger partial charge in [-0.25, -0.2) is 0 Å². The second kappa shape index (κ2) is 8.30. The van der Waals surface area contributed by atoms with E-state index >= 15 is 0 Å². The molecule has 0 spiro atoms. The van der Waals surface area contributed by atoms with Gasteiger partial charge in [-0.05, 0) is 74.3 Å². The van der Waals surface area contributed by atoms with Crippen LogP contribution in [-0.2, 0) is 11.8 Å². The molecule has 0 radical (unpaired) electrons. The summed E-state index contributed by atoms with van der Waals surface area (Å²) in [4.78, 5) is 13.2. The number of aryl methyl sites for hydroxylation is 1. The Balaban J connectivity index is 1.46. The fraction of sp³-hybridized carbons (Fsp3) is 0.471. The van der Waals surface area contributed by atoms with Crippen LogP contribution in [-0.4, -0.2) is 33.8 Å². The maximum Gasteiger partial charge on any atom is 0.224 e. The molecule has 1 aromatic heterocycles. The quantitative estimate of drug-likeness (QED) is 0.842. The maximum absolute atomic E-state index is 12.1. The molecule has 0 unspecified atom stereocenters. The van der Waals surface area contributed by atoms with Crippen LogP contribution < -0.4 is 10.6 Å². The van der Waals surface area contributed by atoms with E-state index in [-0.39, 0.29) is 5.91 Å². The van der Waals surface area contributed by atoms with Crippen molar-refractivity contribution in [3.63, 3.8) is 0 Å². The normalized spacial score (nSPS) is 15.4. The minimum atomic E-state index is 0.0993. The number of aromatic nitrogens is 3. The summed E-state index contributed by atoms with van der Waals surface area (Å²) in [5, 5.41) is 15.1. The van der Waals surface area contributed by atoms with Crippen molar-refractivity contribution in [1.82, 2.24) is 20.1 Å². The molecule has 24 heavy (non-hydrogen) atoms. The number of nitrogens with zero attached hydrogens (tertiary/aromatic N) is 3. The Labute approximate surface area is 146 Å². The van der Waals surface area contributed by atoms with E-state index in [1.807, 2.05) is 35.9 Å². The first-order chi connectivity index (χ1) is 11.7. The van der Waals surface area contributed by atoms with Gasteiger partial charge in [-0.2, -0.15) is 0 Å². The molecule has 0 atom stereocenters. The van der Waals surface area contributed by atoms with Crippen LogP contribution in [0.2, 0.25) is 0 Å². The smallest absolute Gasteiger partial charge is 0.224 e. The van der Waals surface area contributed by atoms with Gasteiger partial charge in [0.25, 0.3) is 0 Å². The van der Waals surface area contributed by atoms with Crippen LogP contribution in [0.4, 0.5) is 5.69 Å². The van der Waals surface area contributed by atoms with Gasteiger partial charge in [0.05, 0.1) is 0 Å². The molecule has 6 nitrogen and oxygen atoms in total. The number of carbonyl (C=O) groups excluding carboxylic acids is 1. The molecule has 3 rings (SSSR count). The molecule has 1 amide bonds. The number of nitrogens with one attached hydrogen (secondary N) is 2. The number of benzene rings is 1. The molecule has 1 aliphatic rings. The van der Waals surface area contributed by atoms with Crippen LogP contribution in [0.1, 0.15) is 25.7 Å². The van der Waals surface area contributed by atoms with Crippen molar-refractivity contribution in [3.05, 3.63) is 30.6 Å². The number of anilines is 1. The Morgan fingerprint density at radius 2 is 2.08 bits per heavy atom. The average Bonchev–Trinajstić information content (AvgIpc) is 3.01. The highest BCUT2D eigenvalue weighted by Gasteiger charge is 2.14. The van der Waals surface area contributed by atoms with Crippen molar-refractivity contribution in [2.75, 3.05) is 18.4 Å². The Morgan fingerprint density at radius 1 is 1.33 bits per heavy atom. The van der Waals surface area contributed by atoms with Crippen molar-refractivity contribution < 1.29 is 4.79 Å². The Morgan fingerprint density at radius 3 is 2.75 bits per heavy atom. The Kier molecular flexibility index (Phi) is 5.87. The van der Waals surface area contributed by atoms with Gasteiger partial charge in [-0.1, -0.05) is 0 Å². The second-order valence-electron chi connectivity index (χ2n) is 6.13. The lowest BCUT2D eigenvalue weighted by molar-refractivity contribution is -0.116. The van der Waals surface area contributed by atoms with Crippen LogP contribution in [0, 0.1) is 5.92 Å². The van der Waals surface area contributed by atoms with Gasteiger partial charge in [0.1, 0.15) is 6.33 Å². The van der Waals surface area contributed by atoms with Crippen LogP contribution in [0.15, 0.2) is 40.6 Å². The lowest BCUT2D eigenvalue weighted by Crippen LogP contribution is -2.28. The molecule has 1 fully saturated rings. The molecule has 2 heterocycles. The molecular weight excluding hydrogens is 322 g/mol. The van der Waals surface area contributed by atoms with Crippen molar-refractivity contribution in [1.29, 1.82) is 0 Å². The van der Waals surface area contributed by atoms with Crippen molar-refractivity contribution >= 4 is 23.4 Å². The largest absolute Gasteiger partial charge is 0.326 e. The van der Waals surface area contributed by atoms with E-state index < -0.39 is 0 Å². The summed E-state index contributed by atoms with van der Waals surface area (Å²) in [6, 6.07) is 7.84. The van der Waals surface area contributed by atoms with Crippen LogP contribution in [0.3, 0.4) is 0 Å². The molecule has 0 aliphatic carbocycles. The summed E-state index contributed by atoms with van der Waals surface area (Å²) in [6.07, 6.45) is 5.62. The summed E-state index contributed by atoms with van der Waals surface area (Å²) < 4.78 is 1.88. The molecular formula is C17H23N5OS. The topological polar surface area (TPSA) is 71.8 Å². The summed E-state index contributed by atoms with van der Waals surface area (Å²) in [6.45, 7) is 2.16. The second-order valence-corrected chi connectivity index (χ2v) is 7.17. The van der Waals surface area contributed by atoms with Gasteiger partial charge in [-0.15, -0.1) is 10.2 Å². The van der Waals surface area contributed by atoms with E-state index in [0.29, 0.717) is 12.3 Å². The summed E-state index contributed by atoms with van der Waals surface area (Å²) in [5.74, 6) is 0.782. The number of carbonyl (C=O) groups is 1. The molecule has 2 aromatic rings. The van der Waals surface area contributed by atoms with Gasteiger partial charge in [0.15, 0.2) is 5.16 Å². The number of hydrogen-bond acceptors (Lipinski definition) is 5. The number of rotatable bonds is 6. The lowest BCUT2D eigenvalue weighted by atomic mass is 9.93. The Hall–Kier alpha value is -1.86. The van der Waals surface area contributed by atoms with Gasteiger partial charge in [0, 0.05) is 24.1 Å². The number of piperidine rings is 1. The Bertz CT molecular complexity index is 664. The molecule has 0 bridgehead atoms. The molecule has 2 N–H and O–H groups in total. The molecule has 1 saturated heterocycles. The van der Waals surface area contributed by atoms with Gasteiger partial charge in [-0.3, -0.25) is 4.79 Å². The van der Waals surface area contributed by atoms with Crippen LogP contribution in [0.5, 0.6) is 0 Å². The van der Waals surface area contributed by atoms with Crippen molar-refractivity contribution in [3.8, 4) is 0 Å². The highest BCUT2D eigenvalue weighted by molar-refractivity contribution is 7.99. The van der Waals surface area contributed by atoms with E-state index in [1.165, 1.54) is 12.8 Å². The van der Waals surface area contributed by atoms with E-state index in [0.717, 1.165) is 35.2 Å². The number of hydrogen-bond donors (Lipinski definition) is 2. The third-order valence-corrected chi connectivity index (χ3v) is 5.32. The monoisotopic (exact) mass is 345 g/mol. The van der Waals surface area contributed by atoms with Gasteiger partial charge >= 0.3 is 0 Å². The number of amides is 1. The van der Waals surface area contributed by atoms with E-state index in [2.05, 4.69) is 20.8 Å². The standard InChI is InChI=1S/C17H23N5OS/c1-22-12-19-21-17(22)24-15-5-3-14(4-6-15)20-16(23)7-2-13-8-10-18-11-9-13/h3-6,12-13,18H,2,7-11H2,1H3,(H,20,23).